The molecule has 0 saturated heterocycles. The standard InChI is InChI=1S/C18H25N3O4S/c1-4-25-10-8-16-13-20(12-15-7-9-19-21(15)16)26(22,23)18-6-5-14(2)11-17(18)24-3/h5-7,9,11,16H,4,8,10,12-13H2,1-3H3/t16-/m0/s1. The van der Waals surface area contributed by atoms with E-state index >= 15 is 0 Å². The van der Waals surface area contributed by atoms with E-state index in [0.717, 1.165) is 11.3 Å². The van der Waals surface area contributed by atoms with E-state index in [1.165, 1.54) is 11.4 Å². The summed E-state index contributed by atoms with van der Waals surface area (Å²) in [5, 5.41) is 4.37. The van der Waals surface area contributed by atoms with Gasteiger partial charge < -0.3 is 9.47 Å². The Hall–Kier alpha value is -1.90. The third kappa shape index (κ3) is 3.62. The number of ether oxygens (including phenoxy) is 2. The van der Waals surface area contributed by atoms with Gasteiger partial charge in [-0.05, 0) is 44.0 Å². The zero-order valence-electron chi connectivity index (χ0n) is 15.4. The highest BCUT2D eigenvalue weighted by Gasteiger charge is 2.35. The number of rotatable bonds is 7. The Morgan fingerprint density at radius 1 is 1.31 bits per heavy atom. The quantitative estimate of drug-likeness (QED) is 0.691. The van der Waals surface area contributed by atoms with E-state index in [9.17, 15) is 8.42 Å². The fourth-order valence-electron chi connectivity index (χ4n) is 3.24. The minimum absolute atomic E-state index is 0.0495. The summed E-state index contributed by atoms with van der Waals surface area (Å²) >= 11 is 0. The molecule has 0 spiro atoms. The Labute approximate surface area is 154 Å². The van der Waals surface area contributed by atoms with Crippen molar-refractivity contribution in [2.24, 2.45) is 0 Å². The van der Waals surface area contributed by atoms with E-state index < -0.39 is 10.0 Å². The lowest BCUT2D eigenvalue weighted by Crippen LogP contribution is -2.41. The van der Waals surface area contributed by atoms with Gasteiger partial charge in [-0.3, -0.25) is 4.68 Å². The van der Waals surface area contributed by atoms with Gasteiger partial charge in [-0.2, -0.15) is 9.40 Å². The molecule has 26 heavy (non-hydrogen) atoms. The molecule has 1 aliphatic rings. The van der Waals surface area contributed by atoms with Gasteiger partial charge in [0.2, 0.25) is 10.0 Å². The summed E-state index contributed by atoms with van der Waals surface area (Å²) in [4.78, 5) is 0.196. The fourth-order valence-corrected chi connectivity index (χ4v) is 4.83. The van der Waals surface area contributed by atoms with Crippen molar-refractivity contribution in [3.05, 3.63) is 41.7 Å². The summed E-state index contributed by atoms with van der Waals surface area (Å²) in [5.74, 6) is 0.370. The molecule has 0 N–H and O–H groups in total. The van der Waals surface area contributed by atoms with Crippen LogP contribution in [0.25, 0.3) is 0 Å². The summed E-state index contributed by atoms with van der Waals surface area (Å²) in [6.07, 6.45) is 2.42. The lowest BCUT2D eigenvalue weighted by molar-refractivity contribution is 0.121. The highest BCUT2D eigenvalue weighted by Crippen LogP contribution is 2.32. The summed E-state index contributed by atoms with van der Waals surface area (Å²) in [6.45, 7) is 5.72. The molecule has 3 rings (SSSR count). The molecule has 0 fully saturated rings. The highest BCUT2D eigenvalue weighted by molar-refractivity contribution is 7.89. The van der Waals surface area contributed by atoms with Crippen LogP contribution in [0.4, 0.5) is 0 Å². The molecule has 0 amide bonds. The first-order chi connectivity index (χ1) is 12.5. The summed E-state index contributed by atoms with van der Waals surface area (Å²) in [6, 6.07) is 6.96. The van der Waals surface area contributed by atoms with Crippen molar-refractivity contribution < 1.29 is 17.9 Å². The average molecular weight is 379 g/mol. The van der Waals surface area contributed by atoms with Gasteiger partial charge in [0.25, 0.3) is 0 Å². The maximum atomic E-state index is 13.3. The number of benzene rings is 1. The van der Waals surface area contributed by atoms with E-state index in [1.54, 1.807) is 24.4 Å². The van der Waals surface area contributed by atoms with Crippen LogP contribution in [0.3, 0.4) is 0 Å². The normalized spacial score (nSPS) is 17.9. The van der Waals surface area contributed by atoms with Crippen LogP contribution in [0.5, 0.6) is 5.75 Å². The van der Waals surface area contributed by atoms with Crippen molar-refractivity contribution in [3.63, 3.8) is 0 Å². The van der Waals surface area contributed by atoms with E-state index in [-0.39, 0.29) is 10.9 Å². The summed E-state index contributed by atoms with van der Waals surface area (Å²) in [7, 11) is -2.19. The molecule has 1 aromatic heterocycles. The Balaban J connectivity index is 1.91. The molecule has 0 radical (unpaired) electrons. The number of fused-ring (bicyclic) bond motifs is 1. The number of hydrogen-bond donors (Lipinski definition) is 0. The van der Waals surface area contributed by atoms with Crippen LogP contribution in [0.15, 0.2) is 35.4 Å². The van der Waals surface area contributed by atoms with Crippen LogP contribution >= 0.6 is 0 Å². The smallest absolute Gasteiger partial charge is 0.247 e. The van der Waals surface area contributed by atoms with Gasteiger partial charge in [0.15, 0.2) is 0 Å². The lowest BCUT2D eigenvalue weighted by atomic mass is 10.1. The Kier molecular flexibility index (Phi) is 5.64. The van der Waals surface area contributed by atoms with Crippen LogP contribution in [0, 0.1) is 6.92 Å². The van der Waals surface area contributed by atoms with Crippen molar-refractivity contribution in [1.29, 1.82) is 0 Å². The van der Waals surface area contributed by atoms with E-state index in [1.807, 2.05) is 24.6 Å². The fraction of sp³-hybridized carbons (Fsp3) is 0.500. The number of hydrogen-bond acceptors (Lipinski definition) is 5. The molecule has 2 aromatic rings. The second-order valence-electron chi connectivity index (χ2n) is 6.36. The molecule has 0 unspecified atom stereocenters. The van der Waals surface area contributed by atoms with Crippen molar-refractivity contribution in [2.45, 2.75) is 37.8 Å². The molecular formula is C18H25N3O4S. The van der Waals surface area contributed by atoms with Crippen molar-refractivity contribution >= 4 is 10.0 Å². The molecule has 0 bridgehead atoms. The minimum atomic E-state index is -3.68. The first-order valence-corrected chi connectivity index (χ1v) is 10.2. The zero-order valence-corrected chi connectivity index (χ0v) is 16.2. The second kappa shape index (κ2) is 7.77. The van der Waals surface area contributed by atoms with Gasteiger partial charge in [-0.25, -0.2) is 8.42 Å². The number of sulfonamides is 1. The van der Waals surface area contributed by atoms with Crippen LogP contribution in [-0.4, -0.2) is 49.4 Å². The first kappa shape index (κ1) is 18.9. The number of methoxy groups -OCH3 is 1. The number of aromatic nitrogens is 2. The minimum Gasteiger partial charge on any atom is -0.495 e. The maximum Gasteiger partial charge on any atom is 0.247 e. The monoisotopic (exact) mass is 379 g/mol. The molecule has 1 aromatic carbocycles. The average Bonchev–Trinajstić information content (AvgIpc) is 3.10. The molecule has 8 heteroatoms. The summed E-state index contributed by atoms with van der Waals surface area (Å²) in [5.41, 5.74) is 1.83. The first-order valence-electron chi connectivity index (χ1n) is 8.72. The molecular weight excluding hydrogens is 354 g/mol. The molecule has 2 heterocycles. The molecule has 7 nitrogen and oxygen atoms in total. The largest absolute Gasteiger partial charge is 0.495 e. The van der Waals surface area contributed by atoms with Gasteiger partial charge >= 0.3 is 0 Å². The van der Waals surface area contributed by atoms with Crippen LogP contribution in [0.2, 0.25) is 0 Å². The van der Waals surface area contributed by atoms with Crippen molar-refractivity contribution in [1.82, 2.24) is 14.1 Å². The lowest BCUT2D eigenvalue weighted by Gasteiger charge is -2.33. The van der Waals surface area contributed by atoms with Crippen LogP contribution in [-0.2, 0) is 21.3 Å². The van der Waals surface area contributed by atoms with Crippen molar-refractivity contribution in [3.8, 4) is 5.75 Å². The molecule has 1 atom stereocenters. The van der Waals surface area contributed by atoms with Crippen molar-refractivity contribution in [2.75, 3.05) is 26.9 Å². The highest BCUT2D eigenvalue weighted by atomic mass is 32.2. The molecule has 0 aliphatic carbocycles. The Morgan fingerprint density at radius 2 is 2.12 bits per heavy atom. The van der Waals surface area contributed by atoms with Crippen LogP contribution < -0.4 is 4.74 Å². The summed E-state index contributed by atoms with van der Waals surface area (Å²) < 4.78 is 40.7. The second-order valence-corrected chi connectivity index (χ2v) is 8.26. The van der Waals surface area contributed by atoms with Gasteiger partial charge in [-0.1, -0.05) is 6.07 Å². The van der Waals surface area contributed by atoms with Gasteiger partial charge in [0, 0.05) is 26.0 Å². The predicted octanol–water partition coefficient (Wildman–Crippen LogP) is 2.37. The third-order valence-corrected chi connectivity index (χ3v) is 6.44. The van der Waals surface area contributed by atoms with Crippen LogP contribution in [0.1, 0.15) is 30.6 Å². The van der Waals surface area contributed by atoms with E-state index in [2.05, 4.69) is 5.10 Å². The predicted molar refractivity (Wildman–Crippen MR) is 97.7 cm³/mol. The zero-order chi connectivity index (χ0) is 18.7. The van der Waals surface area contributed by atoms with Gasteiger partial charge in [-0.15, -0.1) is 0 Å². The topological polar surface area (TPSA) is 73.7 Å². The third-order valence-electron chi connectivity index (χ3n) is 4.59. The van der Waals surface area contributed by atoms with Gasteiger partial charge in [0.05, 0.1) is 25.4 Å². The Morgan fingerprint density at radius 3 is 2.85 bits per heavy atom. The molecule has 142 valence electrons. The maximum absolute atomic E-state index is 13.3. The van der Waals surface area contributed by atoms with E-state index in [0.29, 0.717) is 38.5 Å². The Bertz CT molecular complexity index is 863. The van der Waals surface area contributed by atoms with E-state index in [4.69, 9.17) is 9.47 Å². The molecule has 0 saturated carbocycles. The molecule has 1 aliphatic heterocycles. The SMILES string of the molecule is CCOCC[C@H]1CN(S(=O)(=O)c2ccc(C)cc2OC)Cc2ccnn21. The number of aryl methyl sites for hydroxylation is 1. The number of nitrogens with zero attached hydrogens (tertiary/aromatic N) is 3. The van der Waals surface area contributed by atoms with Gasteiger partial charge in [0.1, 0.15) is 10.6 Å².